The van der Waals surface area contributed by atoms with E-state index >= 15 is 0 Å². The highest BCUT2D eigenvalue weighted by atomic mass is 16.5. The predicted octanol–water partition coefficient (Wildman–Crippen LogP) is 4.80. The molecule has 3 aromatic carbocycles. The largest absolute Gasteiger partial charge is 0.497 e. The van der Waals surface area contributed by atoms with Crippen LogP contribution in [0, 0.1) is 0 Å². The molecule has 1 aliphatic heterocycles. The Morgan fingerprint density at radius 1 is 0.929 bits per heavy atom. The van der Waals surface area contributed by atoms with Crippen molar-refractivity contribution in [3.05, 3.63) is 101 Å². The van der Waals surface area contributed by atoms with Gasteiger partial charge in [-0.05, 0) is 40.8 Å². The van der Waals surface area contributed by atoms with Gasteiger partial charge in [0.15, 0.2) is 0 Å². The number of carbonyl (C=O) groups excluding carboxylic acids is 1. The minimum absolute atomic E-state index is 0.0709. The first-order chi connectivity index (χ1) is 13.7. The van der Waals surface area contributed by atoms with Gasteiger partial charge < -0.3 is 9.64 Å². The van der Waals surface area contributed by atoms with Crippen molar-refractivity contribution in [3.63, 3.8) is 0 Å². The monoisotopic (exact) mass is 371 g/mol. The van der Waals surface area contributed by atoms with Crippen LogP contribution in [0.2, 0.25) is 0 Å². The lowest BCUT2D eigenvalue weighted by molar-refractivity contribution is -0.132. The average molecular weight is 371 g/mol. The Morgan fingerprint density at radius 3 is 2.18 bits per heavy atom. The van der Waals surface area contributed by atoms with Crippen molar-refractivity contribution in [1.82, 2.24) is 4.90 Å². The van der Waals surface area contributed by atoms with Crippen LogP contribution in [0.4, 0.5) is 0 Å². The molecule has 28 heavy (non-hydrogen) atoms. The molecule has 0 aromatic heterocycles. The fourth-order valence-corrected chi connectivity index (χ4v) is 3.98. The summed E-state index contributed by atoms with van der Waals surface area (Å²) in [5, 5.41) is 0. The van der Waals surface area contributed by atoms with Crippen LogP contribution in [0.1, 0.15) is 34.6 Å². The van der Waals surface area contributed by atoms with Gasteiger partial charge in [0.1, 0.15) is 5.75 Å². The van der Waals surface area contributed by atoms with E-state index in [1.165, 1.54) is 22.3 Å². The van der Waals surface area contributed by atoms with E-state index in [0.29, 0.717) is 13.0 Å². The molecule has 4 rings (SSSR count). The number of fused-ring (bicyclic) bond motifs is 1. The minimum Gasteiger partial charge on any atom is -0.497 e. The van der Waals surface area contributed by atoms with Crippen molar-refractivity contribution in [2.45, 2.75) is 25.3 Å². The molecule has 0 saturated heterocycles. The summed E-state index contributed by atoms with van der Waals surface area (Å²) in [5.74, 6) is 1.12. The molecule has 0 fully saturated rings. The Labute approximate surface area is 166 Å². The molecule has 0 unspecified atom stereocenters. The van der Waals surface area contributed by atoms with Gasteiger partial charge in [-0.1, -0.05) is 66.7 Å². The normalized spacial score (nSPS) is 13.3. The number of methoxy groups -OCH3 is 1. The molecule has 0 atom stereocenters. The van der Waals surface area contributed by atoms with Crippen LogP contribution >= 0.6 is 0 Å². The third-order valence-electron chi connectivity index (χ3n) is 5.56. The lowest BCUT2D eigenvalue weighted by atomic mass is 9.88. The lowest BCUT2D eigenvalue weighted by Crippen LogP contribution is -2.36. The van der Waals surface area contributed by atoms with E-state index in [0.717, 1.165) is 18.7 Å². The van der Waals surface area contributed by atoms with Crippen LogP contribution in [0.25, 0.3) is 0 Å². The van der Waals surface area contributed by atoms with Gasteiger partial charge in [-0.15, -0.1) is 0 Å². The predicted molar refractivity (Wildman–Crippen MR) is 111 cm³/mol. The molecule has 0 N–H and O–H groups in total. The third kappa shape index (κ3) is 3.94. The first-order valence-electron chi connectivity index (χ1n) is 9.78. The number of carbonyl (C=O) groups is 1. The summed E-state index contributed by atoms with van der Waals surface area (Å²) in [4.78, 5) is 15.2. The number of nitrogens with zero attached hydrogens (tertiary/aromatic N) is 1. The van der Waals surface area contributed by atoms with Crippen molar-refractivity contribution >= 4 is 5.91 Å². The maximum atomic E-state index is 13.2. The molecule has 142 valence electrons. The molecule has 0 saturated carbocycles. The number of ether oxygens (including phenoxy) is 1. The molecule has 0 aliphatic carbocycles. The molecule has 3 aromatic rings. The van der Waals surface area contributed by atoms with Crippen molar-refractivity contribution in [3.8, 4) is 5.75 Å². The molecule has 1 amide bonds. The van der Waals surface area contributed by atoms with Gasteiger partial charge in [0.05, 0.1) is 7.11 Å². The van der Waals surface area contributed by atoms with Crippen molar-refractivity contribution < 1.29 is 9.53 Å². The first-order valence-corrected chi connectivity index (χ1v) is 9.78. The van der Waals surface area contributed by atoms with Crippen LogP contribution in [-0.4, -0.2) is 24.5 Å². The van der Waals surface area contributed by atoms with E-state index in [-0.39, 0.29) is 11.8 Å². The fraction of sp³-hybridized carbons (Fsp3) is 0.240. The SMILES string of the molecule is COc1ccc2c(c1)CN(C(=O)CC(c1ccccc1)c1ccccc1)CC2. The Balaban J connectivity index is 1.55. The highest BCUT2D eigenvalue weighted by molar-refractivity contribution is 5.78. The molecule has 0 radical (unpaired) electrons. The van der Waals surface area contributed by atoms with Gasteiger partial charge in [0.25, 0.3) is 0 Å². The Morgan fingerprint density at radius 2 is 1.57 bits per heavy atom. The molecule has 3 nitrogen and oxygen atoms in total. The number of rotatable bonds is 5. The van der Waals surface area contributed by atoms with Crippen molar-refractivity contribution in [1.29, 1.82) is 0 Å². The summed E-state index contributed by atoms with van der Waals surface area (Å²) < 4.78 is 5.35. The quantitative estimate of drug-likeness (QED) is 0.645. The third-order valence-corrected chi connectivity index (χ3v) is 5.56. The Bertz CT molecular complexity index is 898. The smallest absolute Gasteiger partial charge is 0.223 e. The van der Waals surface area contributed by atoms with Crippen LogP contribution < -0.4 is 4.74 Å². The van der Waals surface area contributed by atoms with E-state index < -0.39 is 0 Å². The van der Waals surface area contributed by atoms with E-state index in [1.54, 1.807) is 7.11 Å². The van der Waals surface area contributed by atoms with E-state index in [9.17, 15) is 4.79 Å². The Kier molecular flexibility index (Phi) is 5.43. The molecule has 0 spiro atoms. The van der Waals surface area contributed by atoms with Gasteiger partial charge in [-0.25, -0.2) is 0 Å². The standard InChI is InChI=1S/C25H25NO2/c1-28-23-13-12-19-14-15-26(18-22(19)16-23)25(27)17-24(20-8-4-2-5-9-20)21-10-6-3-7-11-21/h2-13,16,24H,14-15,17-18H2,1H3. The fourth-order valence-electron chi connectivity index (χ4n) is 3.98. The van der Waals surface area contributed by atoms with E-state index in [2.05, 4.69) is 36.4 Å². The summed E-state index contributed by atoms with van der Waals surface area (Å²) >= 11 is 0. The van der Waals surface area contributed by atoms with E-state index in [4.69, 9.17) is 4.74 Å². The maximum Gasteiger partial charge on any atom is 0.223 e. The summed E-state index contributed by atoms with van der Waals surface area (Å²) in [7, 11) is 1.68. The highest BCUT2D eigenvalue weighted by Gasteiger charge is 2.25. The van der Waals surface area contributed by atoms with Crippen molar-refractivity contribution in [2.24, 2.45) is 0 Å². The summed E-state index contributed by atoms with van der Waals surface area (Å²) in [5.41, 5.74) is 4.87. The second-order valence-electron chi connectivity index (χ2n) is 7.28. The van der Waals surface area contributed by atoms with Gasteiger partial charge in [0, 0.05) is 25.4 Å². The topological polar surface area (TPSA) is 29.5 Å². The van der Waals surface area contributed by atoms with Gasteiger partial charge in [0.2, 0.25) is 5.91 Å². The van der Waals surface area contributed by atoms with Crippen molar-refractivity contribution in [2.75, 3.05) is 13.7 Å². The highest BCUT2D eigenvalue weighted by Crippen LogP contribution is 2.30. The zero-order chi connectivity index (χ0) is 19.3. The number of hydrogen-bond acceptors (Lipinski definition) is 2. The molecular weight excluding hydrogens is 346 g/mol. The molecule has 1 heterocycles. The molecule has 0 bridgehead atoms. The Hall–Kier alpha value is -3.07. The van der Waals surface area contributed by atoms with Crippen LogP contribution in [-0.2, 0) is 17.8 Å². The van der Waals surface area contributed by atoms with Gasteiger partial charge >= 0.3 is 0 Å². The lowest BCUT2D eigenvalue weighted by Gasteiger charge is -2.30. The second kappa shape index (κ2) is 8.30. The van der Waals surface area contributed by atoms with Gasteiger partial charge in [-0.3, -0.25) is 4.79 Å². The number of benzene rings is 3. The summed E-state index contributed by atoms with van der Waals surface area (Å²) in [6.45, 7) is 1.43. The summed E-state index contributed by atoms with van der Waals surface area (Å²) in [6.07, 6.45) is 1.37. The molecule has 1 aliphatic rings. The molecular formula is C25H25NO2. The minimum atomic E-state index is 0.0709. The molecule has 3 heteroatoms. The average Bonchev–Trinajstić information content (AvgIpc) is 2.77. The maximum absolute atomic E-state index is 13.2. The van der Waals surface area contributed by atoms with Crippen LogP contribution in [0.15, 0.2) is 78.9 Å². The van der Waals surface area contributed by atoms with Crippen LogP contribution in [0.3, 0.4) is 0 Å². The van der Waals surface area contributed by atoms with Gasteiger partial charge in [-0.2, -0.15) is 0 Å². The summed E-state index contributed by atoms with van der Waals surface area (Å²) in [6, 6.07) is 26.8. The van der Waals surface area contributed by atoms with Crippen LogP contribution in [0.5, 0.6) is 5.75 Å². The zero-order valence-electron chi connectivity index (χ0n) is 16.2. The number of hydrogen-bond donors (Lipinski definition) is 0. The first kappa shape index (κ1) is 18.3. The second-order valence-corrected chi connectivity index (χ2v) is 7.28. The van der Waals surface area contributed by atoms with E-state index in [1.807, 2.05) is 47.4 Å². The zero-order valence-corrected chi connectivity index (χ0v) is 16.2. The number of amides is 1.